The van der Waals surface area contributed by atoms with E-state index >= 15 is 0 Å². The van der Waals surface area contributed by atoms with Gasteiger partial charge >= 0.3 is 0 Å². The summed E-state index contributed by atoms with van der Waals surface area (Å²) in [5.74, 6) is 0.896. The highest BCUT2D eigenvalue weighted by Crippen LogP contribution is 2.28. The van der Waals surface area contributed by atoms with Crippen LogP contribution in [0.3, 0.4) is 0 Å². The molecule has 0 amide bonds. The van der Waals surface area contributed by atoms with E-state index in [1.54, 1.807) is 0 Å². The molecule has 2 saturated carbocycles. The number of rotatable bonds is 7. The van der Waals surface area contributed by atoms with Crippen molar-refractivity contribution in [1.82, 2.24) is 5.32 Å². The van der Waals surface area contributed by atoms with E-state index in [1.807, 2.05) is 0 Å². The Balaban J connectivity index is 1.33. The van der Waals surface area contributed by atoms with Crippen molar-refractivity contribution >= 4 is 0 Å². The van der Waals surface area contributed by atoms with Crippen molar-refractivity contribution < 1.29 is 4.74 Å². The van der Waals surface area contributed by atoms with Gasteiger partial charge in [0, 0.05) is 25.3 Å². The van der Waals surface area contributed by atoms with Crippen molar-refractivity contribution in [2.24, 2.45) is 11.7 Å². The summed E-state index contributed by atoms with van der Waals surface area (Å²) >= 11 is 0. The predicted octanol–water partition coefficient (Wildman–Crippen LogP) is 0.882. The van der Waals surface area contributed by atoms with E-state index in [9.17, 15) is 0 Å². The minimum atomic E-state index is 0.457. The molecule has 0 aliphatic heterocycles. The predicted molar refractivity (Wildman–Crippen MR) is 57.2 cm³/mol. The number of hydrogen-bond donors (Lipinski definition) is 2. The number of ether oxygens (including phenoxy) is 1. The Morgan fingerprint density at radius 1 is 1.29 bits per heavy atom. The van der Waals surface area contributed by atoms with Gasteiger partial charge in [-0.15, -0.1) is 0 Å². The maximum absolute atomic E-state index is 5.70. The third kappa shape index (κ3) is 3.56. The molecule has 2 aliphatic rings. The molecule has 2 rings (SSSR count). The van der Waals surface area contributed by atoms with Crippen molar-refractivity contribution in [3.63, 3.8) is 0 Å². The lowest BCUT2D eigenvalue weighted by atomic mass is 9.88. The molecule has 3 N–H and O–H groups in total. The van der Waals surface area contributed by atoms with E-state index in [1.165, 1.54) is 12.8 Å². The van der Waals surface area contributed by atoms with Gasteiger partial charge in [-0.1, -0.05) is 0 Å². The van der Waals surface area contributed by atoms with Crippen LogP contribution in [0.2, 0.25) is 0 Å². The van der Waals surface area contributed by atoms with Crippen LogP contribution in [0.5, 0.6) is 0 Å². The minimum Gasteiger partial charge on any atom is -0.381 e. The first-order valence-electron chi connectivity index (χ1n) is 5.91. The Morgan fingerprint density at radius 2 is 2.07 bits per heavy atom. The average Bonchev–Trinajstić information content (AvgIpc) is 2.91. The van der Waals surface area contributed by atoms with Gasteiger partial charge < -0.3 is 15.8 Å². The van der Waals surface area contributed by atoms with Gasteiger partial charge in [-0.2, -0.15) is 0 Å². The normalized spacial score (nSPS) is 31.5. The fraction of sp³-hybridized carbons (Fsp3) is 1.00. The van der Waals surface area contributed by atoms with Crippen LogP contribution < -0.4 is 11.1 Å². The molecule has 14 heavy (non-hydrogen) atoms. The molecule has 0 unspecified atom stereocenters. The maximum Gasteiger partial charge on any atom is 0.0494 e. The summed E-state index contributed by atoms with van der Waals surface area (Å²) in [6.07, 6.45) is 6.22. The van der Waals surface area contributed by atoms with E-state index in [0.717, 1.165) is 44.9 Å². The molecule has 0 aromatic heterocycles. The third-order valence-corrected chi connectivity index (χ3v) is 3.12. The van der Waals surface area contributed by atoms with E-state index in [0.29, 0.717) is 12.1 Å². The van der Waals surface area contributed by atoms with Gasteiger partial charge in [0.15, 0.2) is 0 Å². The second-order valence-electron chi connectivity index (χ2n) is 4.75. The third-order valence-electron chi connectivity index (χ3n) is 3.12. The van der Waals surface area contributed by atoms with Gasteiger partial charge in [-0.25, -0.2) is 0 Å². The van der Waals surface area contributed by atoms with Crippen LogP contribution in [0, 0.1) is 5.92 Å². The highest BCUT2D eigenvalue weighted by molar-refractivity contribution is 4.87. The number of nitrogens with one attached hydrogen (secondary N) is 1. The molecule has 3 nitrogen and oxygen atoms in total. The molecular weight excluding hydrogens is 176 g/mol. The van der Waals surface area contributed by atoms with Crippen molar-refractivity contribution in [2.45, 2.75) is 44.2 Å². The quantitative estimate of drug-likeness (QED) is 0.597. The zero-order chi connectivity index (χ0) is 9.80. The molecule has 2 fully saturated rings. The van der Waals surface area contributed by atoms with Crippen molar-refractivity contribution in [3.05, 3.63) is 0 Å². The number of nitrogens with two attached hydrogens (primary N) is 1. The molecule has 2 aliphatic carbocycles. The fourth-order valence-corrected chi connectivity index (χ4v) is 1.84. The fourth-order valence-electron chi connectivity index (χ4n) is 1.84. The standard InChI is InChI=1S/C11H22N2O/c12-10-6-11(7-10)13-4-1-5-14-8-9-2-3-9/h9-11,13H,1-8,12H2. The van der Waals surface area contributed by atoms with Crippen LogP contribution in [0.4, 0.5) is 0 Å². The Kier molecular flexibility index (Phi) is 3.79. The molecule has 0 aromatic rings. The van der Waals surface area contributed by atoms with Crippen LogP contribution in [-0.2, 0) is 4.74 Å². The molecule has 0 atom stereocenters. The second kappa shape index (κ2) is 5.10. The summed E-state index contributed by atoms with van der Waals surface area (Å²) in [6, 6.07) is 1.15. The van der Waals surface area contributed by atoms with Crippen LogP contribution in [0.15, 0.2) is 0 Å². The molecular formula is C11H22N2O. The summed E-state index contributed by atoms with van der Waals surface area (Å²) < 4.78 is 5.55. The molecule has 3 heteroatoms. The summed E-state index contributed by atoms with van der Waals surface area (Å²) in [6.45, 7) is 3.00. The first-order valence-corrected chi connectivity index (χ1v) is 5.91. The molecule has 82 valence electrons. The molecule has 0 bridgehead atoms. The maximum atomic E-state index is 5.70. The lowest BCUT2D eigenvalue weighted by molar-refractivity contribution is 0.120. The molecule has 0 heterocycles. The Hall–Kier alpha value is -0.120. The van der Waals surface area contributed by atoms with Gasteiger partial charge in [0.2, 0.25) is 0 Å². The van der Waals surface area contributed by atoms with Crippen molar-refractivity contribution in [1.29, 1.82) is 0 Å². The van der Waals surface area contributed by atoms with Crippen LogP contribution >= 0.6 is 0 Å². The van der Waals surface area contributed by atoms with Crippen LogP contribution in [-0.4, -0.2) is 31.8 Å². The Bertz CT molecular complexity index is 165. The van der Waals surface area contributed by atoms with Gasteiger partial charge in [0.05, 0.1) is 0 Å². The SMILES string of the molecule is NC1CC(NCCCOCC2CC2)C1. The lowest BCUT2D eigenvalue weighted by Gasteiger charge is -2.33. The first kappa shape index (κ1) is 10.4. The van der Waals surface area contributed by atoms with E-state index < -0.39 is 0 Å². The zero-order valence-corrected chi connectivity index (χ0v) is 8.87. The van der Waals surface area contributed by atoms with Gasteiger partial charge in [0.1, 0.15) is 0 Å². The summed E-state index contributed by atoms with van der Waals surface area (Å²) in [7, 11) is 0. The smallest absolute Gasteiger partial charge is 0.0494 e. The minimum absolute atomic E-state index is 0.457. The van der Waals surface area contributed by atoms with Gasteiger partial charge in [0.25, 0.3) is 0 Å². The zero-order valence-electron chi connectivity index (χ0n) is 8.87. The summed E-state index contributed by atoms with van der Waals surface area (Å²) in [5, 5.41) is 3.49. The lowest BCUT2D eigenvalue weighted by Crippen LogP contribution is -2.48. The van der Waals surface area contributed by atoms with Crippen molar-refractivity contribution in [3.8, 4) is 0 Å². The summed E-state index contributed by atoms with van der Waals surface area (Å²) in [5.41, 5.74) is 5.70. The molecule has 0 aromatic carbocycles. The molecule has 0 radical (unpaired) electrons. The topological polar surface area (TPSA) is 47.3 Å². The van der Waals surface area contributed by atoms with Gasteiger partial charge in [-0.3, -0.25) is 0 Å². The Labute approximate surface area is 86.4 Å². The molecule has 0 spiro atoms. The highest BCUT2D eigenvalue weighted by Gasteiger charge is 2.24. The average molecular weight is 198 g/mol. The number of hydrogen-bond acceptors (Lipinski definition) is 3. The summed E-state index contributed by atoms with van der Waals surface area (Å²) in [4.78, 5) is 0. The Morgan fingerprint density at radius 3 is 2.71 bits per heavy atom. The first-order chi connectivity index (χ1) is 6.84. The molecule has 0 saturated heterocycles. The van der Waals surface area contributed by atoms with E-state index in [4.69, 9.17) is 10.5 Å². The van der Waals surface area contributed by atoms with E-state index in [2.05, 4.69) is 5.32 Å². The van der Waals surface area contributed by atoms with Crippen molar-refractivity contribution in [2.75, 3.05) is 19.8 Å². The van der Waals surface area contributed by atoms with E-state index in [-0.39, 0.29) is 0 Å². The van der Waals surface area contributed by atoms with Gasteiger partial charge in [-0.05, 0) is 44.6 Å². The van der Waals surface area contributed by atoms with Crippen LogP contribution in [0.25, 0.3) is 0 Å². The van der Waals surface area contributed by atoms with Crippen LogP contribution in [0.1, 0.15) is 32.1 Å². The highest BCUT2D eigenvalue weighted by atomic mass is 16.5. The largest absolute Gasteiger partial charge is 0.381 e. The second-order valence-corrected chi connectivity index (χ2v) is 4.75. The monoisotopic (exact) mass is 198 g/mol.